The molecule has 25 heavy (non-hydrogen) atoms. The maximum Gasteiger partial charge on any atom is 0.285 e. The topological polar surface area (TPSA) is 60.7 Å². The molecule has 8 heteroatoms. The highest BCUT2D eigenvalue weighted by atomic mass is 32.2. The summed E-state index contributed by atoms with van der Waals surface area (Å²) >= 11 is 1.14. The van der Waals surface area contributed by atoms with Crippen molar-refractivity contribution in [3.05, 3.63) is 59.1 Å². The quantitative estimate of drug-likeness (QED) is 0.617. The summed E-state index contributed by atoms with van der Waals surface area (Å²) in [5, 5.41) is 0. The Kier molecular flexibility index (Phi) is 5.31. The fraction of sp³-hybridized carbons (Fsp3) is 0.235. The Labute approximate surface area is 149 Å². The fourth-order valence-corrected chi connectivity index (χ4v) is 4.69. The lowest BCUT2D eigenvalue weighted by Crippen LogP contribution is -2.19. The minimum atomic E-state index is -3.84. The van der Waals surface area contributed by atoms with Gasteiger partial charge in [0.05, 0.1) is 21.7 Å². The molecule has 0 aliphatic heterocycles. The van der Waals surface area contributed by atoms with E-state index in [0.717, 1.165) is 16.9 Å². The molecular weight excluding hydrogens is 363 g/mol. The predicted molar refractivity (Wildman–Crippen MR) is 95.5 cm³/mol. The molecular formula is C17H17FN2O3S2. The highest BCUT2D eigenvalue weighted by molar-refractivity contribution is 7.90. The van der Waals surface area contributed by atoms with Crippen molar-refractivity contribution in [1.29, 1.82) is 0 Å². The molecule has 0 radical (unpaired) electrons. The van der Waals surface area contributed by atoms with Crippen LogP contribution >= 0.6 is 11.3 Å². The smallest absolute Gasteiger partial charge is 0.285 e. The van der Waals surface area contributed by atoms with Crippen LogP contribution in [0.4, 0.5) is 4.39 Å². The largest absolute Gasteiger partial charge is 0.380 e. The summed E-state index contributed by atoms with van der Waals surface area (Å²) in [6.45, 7) is 3.30. The van der Waals surface area contributed by atoms with Crippen molar-refractivity contribution in [3.8, 4) is 0 Å². The van der Waals surface area contributed by atoms with Gasteiger partial charge in [0.2, 0.25) is 4.80 Å². The summed E-state index contributed by atoms with van der Waals surface area (Å²) in [4.78, 5) is 0.416. The molecule has 3 aromatic rings. The maximum atomic E-state index is 13.5. The predicted octanol–water partition coefficient (Wildman–Crippen LogP) is 3.17. The molecule has 0 aliphatic rings. The summed E-state index contributed by atoms with van der Waals surface area (Å²) in [6.07, 6.45) is 0. The molecule has 0 atom stereocenters. The van der Waals surface area contributed by atoms with E-state index in [2.05, 4.69) is 4.40 Å². The number of rotatable bonds is 6. The highest BCUT2D eigenvalue weighted by Gasteiger charge is 2.14. The second-order valence-corrected chi connectivity index (χ2v) is 7.84. The molecule has 0 unspecified atom stereocenters. The standard InChI is InChI=1S/C17H17FN2O3S2/c1-2-23-11-10-20-15-9-8-13(18)12-16(15)24-17(20)19-25(21,22)14-6-4-3-5-7-14/h3-9,12H,2,10-11H2,1H3. The van der Waals surface area contributed by atoms with E-state index in [1.54, 1.807) is 28.8 Å². The molecule has 0 fully saturated rings. The molecule has 0 saturated carbocycles. The summed E-state index contributed by atoms with van der Waals surface area (Å²) in [5.74, 6) is -0.372. The van der Waals surface area contributed by atoms with E-state index in [0.29, 0.717) is 29.3 Å². The number of aromatic nitrogens is 1. The Morgan fingerprint density at radius 1 is 1.20 bits per heavy atom. The van der Waals surface area contributed by atoms with Gasteiger partial charge in [-0.05, 0) is 37.3 Å². The van der Waals surface area contributed by atoms with E-state index in [4.69, 9.17) is 4.74 Å². The molecule has 0 N–H and O–H groups in total. The summed E-state index contributed by atoms with van der Waals surface area (Å²) in [6, 6.07) is 12.4. The van der Waals surface area contributed by atoms with Crippen LogP contribution < -0.4 is 4.80 Å². The van der Waals surface area contributed by atoms with Gasteiger partial charge in [-0.15, -0.1) is 4.40 Å². The van der Waals surface area contributed by atoms with Crippen LogP contribution in [0.3, 0.4) is 0 Å². The second-order valence-electron chi connectivity index (χ2n) is 5.22. The third-order valence-corrected chi connectivity index (χ3v) is 5.99. The Hall–Kier alpha value is -2.03. The highest BCUT2D eigenvalue weighted by Crippen LogP contribution is 2.19. The van der Waals surface area contributed by atoms with Gasteiger partial charge in [0.15, 0.2) is 0 Å². The lowest BCUT2D eigenvalue weighted by atomic mass is 10.3. The van der Waals surface area contributed by atoms with Gasteiger partial charge in [-0.25, -0.2) is 4.39 Å². The Morgan fingerprint density at radius 2 is 1.96 bits per heavy atom. The minimum absolute atomic E-state index is 0.120. The van der Waals surface area contributed by atoms with Crippen molar-refractivity contribution < 1.29 is 17.5 Å². The van der Waals surface area contributed by atoms with Gasteiger partial charge in [0, 0.05) is 13.2 Å². The number of benzene rings is 2. The average molecular weight is 380 g/mol. The van der Waals surface area contributed by atoms with Gasteiger partial charge >= 0.3 is 0 Å². The number of thiazole rings is 1. The molecule has 0 spiro atoms. The summed E-state index contributed by atoms with van der Waals surface area (Å²) < 4.78 is 50.3. The van der Waals surface area contributed by atoms with Crippen LogP contribution in [0.5, 0.6) is 0 Å². The number of ether oxygens (including phenoxy) is 1. The first-order chi connectivity index (χ1) is 12.0. The molecule has 1 heterocycles. The van der Waals surface area contributed by atoms with Crippen molar-refractivity contribution >= 4 is 31.6 Å². The minimum Gasteiger partial charge on any atom is -0.380 e. The van der Waals surface area contributed by atoms with E-state index < -0.39 is 10.0 Å². The van der Waals surface area contributed by atoms with E-state index in [1.807, 2.05) is 6.92 Å². The van der Waals surface area contributed by atoms with Gasteiger partial charge in [-0.2, -0.15) is 8.42 Å². The van der Waals surface area contributed by atoms with Crippen LogP contribution in [0.15, 0.2) is 57.8 Å². The monoisotopic (exact) mass is 380 g/mol. The zero-order valence-electron chi connectivity index (χ0n) is 13.6. The van der Waals surface area contributed by atoms with Crippen LogP contribution in [0.25, 0.3) is 10.2 Å². The zero-order valence-corrected chi connectivity index (χ0v) is 15.2. The van der Waals surface area contributed by atoms with Crippen LogP contribution in [-0.2, 0) is 21.3 Å². The van der Waals surface area contributed by atoms with E-state index in [9.17, 15) is 12.8 Å². The zero-order chi connectivity index (χ0) is 17.9. The molecule has 0 saturated heterocycles. The maximum absolute atomic E-state index is 13.5. The molecule has 0 amide bonds. The van der Waals surface area contributed by atoms with Crippen LogP contribution in [-0.4, -0.2) is 26.2 Å². The van der Waals surface area contributed by atoms with Crippen molar-refractivity contribution in [2.45, 2.75) is 18.4 Å². The van der Waals surface area contributed by atoms with Gasteiger partial charge in [-0.1, -0.05) is 29.5 Å². The first kappa shape index (κ1) is 17.8. The Balaban J connectivity index is 2.15. The van der Waals surface area contributed by atoms with Crippen molar-refractivity contribution in [3.63, 3.8) is 0 Å². The number of hydrogen-bond acceptors (Lipinski definition) is 4. The summed E-state index contributed by atoms with van der Waals surface area (Å²) in [7, 11) is -3.84. The molecule has 0 bridgehead atoms. The fourth-order valence-electron chi connectivity index (χ4n) is 2.38. The first-order valence-electron chi connectivity index (χ1n) is 7.74. The van der Waals surface area contributed by atoms with E-state index in [-0.39, 0.29) is 10.7 Å². The van der Waals surface area contributed by atoms with E-state index in [1.165, 1.54) is 24.3 Å². The van der Waals surface area contributed by atoms with Crippen molar-refractivity contribution in [1.82, 2.24) is 4.57 Å². The van der Waals surface area contributed by atoms with Crippen molar-refractivity contribution in [2.24, 2.45) is 4.40 Å². The van der Waals surface area contributed by atoms with E-state index >= 15 is 0 Å². The molecule has 132 valence electrons. The van der Waals surface area contributed by atoms with Crippen LogP contribution in [0.2, 0.25) is 0 Å². The molecule has 0 aliphatic carbocycles. The second kappa shape index (κ2) is 7.47. The average Bonchev–Trinajstić information content (AvgIpc) is 2.91. The van der Waals surface area contributed by atoms with Gasteiger partial charge in [-0.3, -0.25) is 0 Å². The molecule has 1 aromatic heterocycles. The van der Waals surface area contributed by atoms with Crippen molar-refractivity contribution in [2.75, 3.05) is 13.2 Å². The van der Waals surface area contributed by atoms with Gasteiger partial charge in [0.25, 0.3) is 10.0 Å². The molecule has 5 nitrogen and oxygen atoms in total. The number of nitrogens with zero attached hydrogens (tertiary/aromatic N) is 2. The summed E-state index contributed by atoms with van der Waals surface area (Å²) in [5.41, 5.74) is 0.730. The van der Waals surface area contributed by atoms with Crippen LogP contribution in [0.1, 0.15) is 6.92 Å². The normalized spacial score (nSPS) is 12.8. The number of halogens is 1. The Morgan fingerprint density at radius 3 is 2.68 bits per heavy atom. The SMILES string of the molecule is CCOCCn1c(=NS(=O)(=O)c2ccccc2)sc2cc(F)ccc21. The third kappa shape index (κ3) is 3.97. The molecule has 2 aromatic carbocycles. The van der Waals surface area contributed by atoms with Gasteiger partial charge in [0.1, 0.15) is 5.82 Å². The number of fused-ring (bicyclic) bond motifs is 1. The van der Waals surface area contributed by atoms with Crippen LogP contribution in [0, 0.1) is 5.82 Å². The van der Waals surface area contributed by atoms with Gasteiger partial charge < -0.3 is 9.30 Å². The Bertz CT molecular complexity index is 1040. The number of hydrogen-bond donors (Lipinski definition) is 0. The third-order valence-electron chi connectivity index (χ3n) is 3.55. The first-order valence-corrected chi connectivity index (χ1v) is 9.99. The lowest BCUT2D eigenvalue weighted by molar-refractivity contribution is 0.139. The lowest BCUT2D eigenvalue weighted by Gasteiger charge is -2.05. The number of sulfonamides is 1. The molecule has 3 rings (SSSR count).